The van der Waals surface area contributed by atoms with E-state index < -0.39 is 0 Å². The number of aryl methyl sites for hydroxylation is 3. The number of anilines is 1. The van der Waals surface area contributed by atoms with Gasteiger partial charge in [0, 0.05) is 24.1 Å². The first-order valence-corrected chi connectivity index (χ1v) is 9.08. The maximum Gasteiger partial charge on any atom is 0.240 e. The molecule has 0 unspecified atom stereocenters. The summed E-state index contributed by atoms with van der Waals surface area (Å²) < 4.78 is 4.94. The lowest BCUT2D eigenvalue weighted by molar-refractivity contribution is -0.115. The summed E-state index contributed by atoms with van der Waals surface area (Å²) >= 11 is 1.52. The molecule has 2 N–H and O–H groups in total. The maximum absolute atomic E-state index is 11.9. The predicted molar refractivity (Wildman–Crippen MR) is 105 cm³/mol. The maximum atomic E-state index is 11.9. The Balaban J connectivity index is 0.00000225. The zero-order valence-electron chi connectivity index (χ0n) is 14.6. The van der Waals surface area contributed by atoms with Crippen LogP contribution in [-0.2, 0) is 22.4 Å². The fraction of sp³-hybridized carbons (Fsp3) is 0.444. The third-order valence-electron chi connectivity index (χ3n) is 4.18. The summed E-state index contributed by atoms with van der Waals surface area (Å²) in [4.78, 5) is 17.7. The molecule has 0 radical (unpaired) electrons. The monoisotopic (exact) mass is 381 g/mol. The zero-order chi connectivity index (χ0) is 16.9. The van der Waals surface area contributed by atoms with Gasteiger partial charge < -0.3 is 15.4 Å². The molecule has 0 fully saturated rings. The molecule has 0 aliphatic heterocycles. The van der Waals surface area contributed by atoms with Crippen molar-refractivity contribution in [3.63, 3.8) is 0 Å². The second kappa shape index (κ2) is 9.29. The van der Waals surface area contributed by atoms with Gasteiger partial charge in [0.1, 0.15) is 0 Å². The van der Waals surface area contributed by atoms with Crippen molar-refractivity contribution in [1.82, 2.24) is 10.3 Å². The van der Waals surface area contributed by atoms with Crippen LogP contribution in [0.4, 0.5) is 5.13 Å². The third-order valence-corrected chi connectivity index (χ3v) is 5.07. The van der Waals surface area contributed by atoms with Gasteiger partial charge in [-0.3, -0.25) is 4.79 Å². The highest BCUT2D eigenvalue weighted by molar-refractivity contribution is 7.16. The molecule has 1 aliphatic rings. The van der Waals surface area contributed by atoms with E-state index in [-0.39, 0.29) is 24.9 Å². The van der Waals surface area contributed by atoms with E-state index in [9.17, 15) is 4.79 Å². The van der Waals surface area contributed by atoms with Crippen molar-refractivity contribution in [2.45, 2.75) is 26.2 Å². The summed E-state index contributed by atoms with van der Waals surface area (Å²) in [7, 11) is 1.64. The molecule has 136 valence electrons. The van der Waals surface area contributed by atoms with Crippen LogP contribution in [0.25, 0.3) is 11.3 Å². The number of nitrogens with zero attached hydrogens (tertiary/aromatic N) is 1. The van der Waals surface area contributed by atoms with Crippen molar-refractivity contribution >= 4 is 34.8 Å². The van der Waals surface area contributed by atoms with Crippen LogP contribution in [0, 0.1) is 6.92 Å². The zero-order valence-corrected chi connectivity index (χ0v) is 16.2. The summed E-state index contributed by atoms with van der Waals surface area (Å²) in [5.41, 5.74) is 5.01. The number of amides is 1. The van der Waals surface area contributed by atoms with Crippen LogP contribution < -0.4 is 10.6 Å². The number of methoxy groups -OCH3 is 1. The van der Waals surface area contributed by atoms with Gasteiger partial charge in [-0.1, -0.05) is 12.1 Å². The predicted octanol–water partition coefficient (Wildman–Crippen LogP) is 3.20. The SMILES string of the molecule is COCCNCC(=O)Nc1nc(-c2ccc3c(c2)CCC3)c(C)s1.Cl. The molecule has 0 spiro atoms. The molecule has 0 bridgehead atoms. The van der Waals surface area contributed by atoms with Crippen molar-refractivity contribution in [2.24, 2.45) is 0 Å². The highest BCUT2D eigenvalue weighted by Gasteiger charge is 2.15. The molecular formula is C18H24ClN3O2S. The van der Waals surface area contributed by atoms with Crippen molar-refractivity contribution in [1.29, 1.82) is 0 Å². The van der Waals surface area contributed by atoms with E-state index in [4.69, 9.17) is 4.74 Å². The Morgan fingerprint density at radius 3 is 2.92 bits per heavy atom. The van der Waals surface area contributed by atoms with E-state index in [0.717, 1.165) is 22.6 Å². The van der Waals surface area contributed by atoms with Crippen LogP contribution >= 0.6 is 23.7 Å². The lowest BCUT2D eigenvalue weighted by Gasteiger charge is -2.04. The standard InChI is InChI=1S/C18H23N3O2S.ClH/c1-12-17(15-7-6-13-4-3-5-14(13)10-15)21-18(24-12)20-16(22)11-19-8-9-23-2;/h6-7,10,19H,3-5,8-9,11H2,1-2H3,(H,20,21,22);1H. The van der Waals surface area contributed by atoms with Gasteiger partial charge in [-0.05, 0) is 43.4 Å². The molecule has 1 aromatic heterocycles. The van der Waals surface area contributed by atoms with E-state index in [2.05, 4.69) is 33.8 Å². The van der Waals surface area contributed by atoms with Gasteiger partial charge in [0.2, 0.25) is 5.91 Å². The van der Waals surface area contributed by atoms with Crippen LogP contribution in [0.2, 0.25) is 0 Å². The van der Waals surface area contributed by atoms with Gasteiger partial charge in [-0.2, -0.15) is 0 Å². The number of hydrogen-bond acceptors (Lipinski definition) is 5. The van der Waals surface area contributed by atoms with Crippen LogP contribution in [0.15, 0.2) is 18.2 Å². The normalized spacial score (nSPS) is 12.6. The first-order chi connectivity index (χ1) is 11.7. The van der Waals surface area contributed by atoms with Crippen molar-refractivity contribution in [3.05, 3.63) is 34.2 Å². The van der Waals surface area contributed by atoms with Crippen molar-refractivity contribution < 1.29 is 9.53 Å². The number of carbonyl (C=O) groups excluding carboxylic acids is 1. The number of halogens is 1. The second-order valence-corrected chi connectivity index (χ2v) is 7.18. The average molecular weight is 382 g/mol. The Labute approximate surface area is 158 Å². The van der Waals surface area contributed by atoms with Gasteiger partial charge in [-0.25, -0.2) is 4.98 Å². The molecule has 0 saturated heterocycles. The minimum atomic E-state index is -0.0830. The van der Waals surface area contributed by atoms with E-state index in [1.165, 1.54) is 35.3 Å². The molecular weight excluding hydrogens is 358 g/mol. The Hall–Kier alpha value is -1.47. The number of thiazole rings is 1. The Morgan fingerprint density at radius 1 is 1.32 bits per heavy atom. The lowest BCUT2D eigenvalue weighted by Crippen LogP contribution is -2.30. The summed E-state index contributed by atoms with van der Waals surface area (Å²) in [5.74, 6) is -0.0830. The lowest BCUT2D eigenvalue weighted by atomic mass is 10.0. The van der Waals surface area contributed by atoms with Crippen LogP contribution in [0.3, 0.4) is 0 Å². The molecule has 1 heterocycles. The number of hydrogen-bond donors (Lipinski definition) is 2. The number of benzene rings is 1. The smallest absolute Gasteiger partial charge is 0.240 e. The van der Waals surface area contributed by atoms with Crippen LogP contribution in [-0.4, -0.2) is 37.7 Å². The fourth-order valence-corrected chi connectivity index (χ4v) is 3.83. The summed E-state index contributed by atoms with van der Waals surface area (Å²) in [6.45, 7) is 3.55. The van der Waals surface area contributed by atoms with Gasteiger partial charge in [-0.15, -0.1) is 23.7 Å². The Kier molecular flexibility index (Phi) is 7.38. The number of rotatable bonds is 7. The largest absolute Gasteiger partial charge is 0.383 e. The molecule has 1 aromatic carbocycles. The van der Waals surface area contributed by atoms with Gasteiger partial charge in [0.05, 0.1) is 18.8 Å². The molecule has 0 saturated carbocycles. The minimum Gasteiger partial charge on any atom is -0.383 e. The highest BCUT2D eigenvalue weighted by atomic mass is 35.5. The number of ether oxygens (including phenoxy) is 1. The molecule has 5 nitrogen and oxygen atoms in total. The van der Waals surface area contributed by atoms with E-state index >= 15 is 0 Å². The topological polar surface area (TPSA) is 63.2 Å². The fourth-order valence-electron chi connectivity index (χ4n) is 2.98. The van der Waals surface area contributed by atoms with Gasteiger partial charge in [0.15, 0.2) is 5.13 Å². The quantitative estimate of drug-likeness (QED) is 0.723. The Morgan fingerprint density at radius 2 is 2.12 bits per heavy atom. The first kappa shape index (κ1) is 19.8. The van der Waals surface area contributed by atoms with E-state index in [0.29, 0.717) is 18.3 Å². The second-order valence-electron chi connectivity index (χ2n) is 5.98. The highest BCUT2D eigenvalue weighted by Crippen LogP contribution is 2.33. The molecule has 1 amide bonds. The minimum absolute atomic E-state index is 0. The molecule has 7 heteroatoms. The van der Waals surface area contributed by atoms with E-state index in [1.807, 2.05) is 6.92 Å². The van der Waals surface area contributed by atoms with Gasteiger partial charge in [0.25, 0.3) is 0 Å². The van der Waals surface area contributed by atoms with Crippen LogP contribution in [0.1, 0.15) is 22.4 Å². The summed E-state index contributed by atoms with van der Waals surface area (Å²) in [6.07, 6.45) is 3.58. The number of fused-ring (bicyclic) bond motifs is 1. The summed E-state index contributed by atoms with van der Waals surface area (Å²) in [5, 5.41) is 6.55. The number of carbonyl (C=O) groups is 1. The third kappa shape index (κ3) is 5.01. The molecule has 3 rings (SSSR count). The molecule has 25 heavy (non-hydrogen) atoms. The van der Waals surface area contributed by atoms with Crippen molar-refractivity contribution in [2.75, 3.05) is 32.1 Å². The Bertz CT molecular complexity index is 733. The van der Waals surface area contributed by atoms with Gasteiger partial charge >= 0.3 is 0 Å². The first-order valence-electron chi connectivity index (χ1n) is 8.26. The number of nitrogens with one attached hydrogen (secondary N) is 2. The molecule has 0 atom stereocenters. The molecule has 1 aliphatic carbocycles. The van der Waals surface area contributed by atoms with Crippen LogP contribution in [0.5, 0.6) is 0 Å². The van der Waals surface area contributed by atoms with E-state index in [1.54, 1.807) is 7.11 Å². The van der Waals surface area contributed by atoms with Crippen molar-refractivity contribution in [3.8, 4) is 11.3 Å². The summed E-state index contributed by atoms with van der Waals surface area (Å²) in [6, 6.07) is 6.61. The number of aromatic nitrogens is 1. The average Bonchev–Trinajstić information content (AvgIpc) is 3.17. The molecule has 2 aromatic rings.